The van der Waals surface area contributed by atoms with Gasteiger partial charge in [-0.15, -0.1) is 0 Å². The van der Waals surface area contributed by atoms with E-state index in [1.165, 1.54) is 11.8 Å². The van der Waals surface area contributed by atoms with Crippen LogP contribution in [0.2, 0.25) is 5.02 Å². The highest BCUT2D eigenvalue weighted by Gasteiger charge is 2.44. The highest BCUT2D eigenvalue weighted by atomic mass is 35.5. The molecule has 2 fully saturated rings. The van der Waals surface area contributed by atoms with Gasteiger partial charge in [0.05, 0.1) is 24.4 Å². The molecule has 1 aromatic carbocycles. The van der Waals surface area contributed by atoms with Crippen molar-refractivity contribution >= 4 is 46.6 Å². The largest absolute Gasteiger partial charge is 0.482 e. The lowest BCUT2D eigenvalue weighted by atomic mass is 9.75. The second-order valence-electron chi connectivity index (χ2n) is 8.08. The minimum atomic E-state index is -0.242. The summed E-state index contributed by atoms with van der Waals surface area (Å²) >= 11 is 7.78. The van der Waals surface area contributed by atoms with Crippen molar-refractivity contribution < 1.29 is 14.3 Å². The fourth-order valence-corrected chi connectivity index (χ4v) is 5.37. The van der Waals surface area contributed by atoms with Gasteiger partial charge in [-0.05, 0) is 25.0 Å². The van der Waals surface area contributed by atoms with E-state index in [4.69, 9.17) is 32.5 Å². The number of anilines is 3. The zero-order valence-electron chi connectivity index (χ0n) is 16.8. The number of piperidine rings is 1. The number of hydrogen-bond acceptors (Lipinski definition) is 9. The Labute approximate surface area is 188 Å². The first kappa shape index (κ1) is 20.6. The Balaban J connectivity index is 1.31. The van der Waals surface area contributed by atoms with Gasteiger partial charge in [-0.2, -0.15) is 0 Å². The average molecular weight is 463 g/mol. The van der Waals surface area contributed by atoms with E-state index < -0.39 is 0 Å². The highest BCUT2D eigenvalue weighted by Crippen LogP contribution is 2.44. The SMILES string of the molecule is Nc1nc(N2CCC3(CC2)COC[C@H]3N)cnc1Sc1ccc2c(c1Cl)NC(=O)CO2. The van der Waals surface area contributed by atoms with Crippen molar-refractivity contribution in [1.82, 2.24) is 9.97 Å². The number of ether oxygens (including phenoxy) is 2. The van der Waals surface area contributed by atoms with Crippen LogP contribution in [0.15, 0.2) is 28.3 Å². The molecular weight excluding hydrogens is 440 g/mol. The molecule has 0 unspecified atom stereocenters. The molecule has 1 amide bonds. The first-order valence-corrected chi connectivity index (χ1v) is 11.3. The third-order valence-corrected chi connectivity index (χ3v) is 7.78. The van der Waals surface area contributed by atoms with Crippen molar-refractivity contribution in [3.8, 4) is 5.75 Å². The molecule has 2 aromatic rings. The van der Waals surface area contributed by atoms with E-state index >= 15 is 0 Å². The summed E-state index contributed by atoms with van der Waals surface area (Å²) in [6.45, 7) is 3.03. The summed E-state index contributed by atoms with van der Waals surface area (Å²) in [6.07, 6.45) is 3.66. The van der Waals surface area contributed by atoms with Crippen molar-refractivity contribution in [2.24, 2.45) is 11.1 Å². The summed E-state index contributed by atoms with van der Waals surface area (Å²) in [7, 11) is 0. The Bertz CT molecular complexity index is 1030. The third kappa shape index (κ3) is 3.78. The number of carbonyl (C=O) groups is 1. The van der Waals surface area contributed by atoms with Crippen LogP contribution in [0.3, 0.4) is 0 Å². The minimum absolute atomic E-state index is 0.0215. The maximum absolute atomic E-state index is 11.6. The van der Waals surface area contributed by atoms with Crippen molar-refractivity contribution in [2.45, 2.75) is 28.8 Å². The molecule has 3 aliphatic heterocycles. The number of nitrogen functional groups attached to an aromatic ring is 1. The minimum Gasteiger partial charge on any atom is -0.482 e. The molecule has 9 nitrogen and oxygen atoms in total. The van der Waals surface area contributed by atoms with Gasteiger partial charge in [0.15, 0.2) is 12.4 Å². The van der Waals surface area contributed by atoms with E-state index in [0.717, 1.165) is 38.4 Å². The van der Waals surface area contributed by atoms with Crippen LogP contribution in [-0.2, 0) is 9.53 Å². The van der Waals surface area contributed by atoms with Crippen LogP contribution >= 0.6 is 23.4 Å². The molecule has 0 radical (unpaired) electrons. The van der Waals surface area contributed by atoms with Gasteiger partial charge < -0.3 is 31.2 Å². The van der Waals surface area contributed by atoms with Crippen LogP contribution in [0.1, 0.15) is 12.8 Å². The molecule has 5 N–H and O–H groups in total. The summed E-state index contributed by atoms with van der Waals surface area (Å²) in [5, 5.41) is 3.68. The van der Waals surface area contributed by atoms with Crippen molar-refractivity contribution in [2.75, 3.05) is 48.9 Å². The predicted molar refractivity (Wildman–Crippen MR) is 119 cm³/mol. The predicted octanol–water partition coefficient (Wildman–Crippen LogP) is 2.14. The monoisotopic (exact) mass is 462 g/mol. The number of halogens is 1. The van der Waals surface area contributed by atoms with E-state index in [2.05, 4.69) is 20.2 Å². The lowest BCUT2D eigenvalue weighted by molar-refractivity contribution is -0.118. The quantitative estimate of drug-likeness (QED) is 0.628. The van der Waals surface area contributed by atoms with Crippen LogP contribution < -0.4 is 26.4 Å². The molecule has 0 bridgehead atoms. The molecule has 2 saturated heterocycles. The van der Waals surface area contributed by atoms with Gasteiger partial charge in [0.25, 0.3) is 5.91 Å². The van der Waals surface area contributed by atoms with E-state index in [0.29, 0.717) is 38.8 Å². The molecule has 31 heavy (non-hydrogen) atoms. The number of carbonyl (C=O) groups excluding carboxylic acids is 1. The molecule has 1 spiro atoms. The summed E-state index contributed by atoms with van der Waals surface area (Å²) < 4.78 is 11.0. The number of amides is 1. The van der Waals surface area contributed by atoms with Crippen molar-refractivity contribution in [3.05, 3.63) is 23.4 Å². The molecule has 3 aliphatic rings. The molecule has 1 aromatic heterocycles. The van der Waals surface area contributed by atoms with Gasteiger partial charge in [0.1, 0.15) is 22.3 Å². The zero-order valence-corrected chi connectivity index (χ0v) is 18.3. The molecule has 164 valence electrons. The van der Waals surface area contributed by atoms with Crippen LogP contribution in [0, 0.1) is 5.41 Å². The highest BCUT2D eigenvalue weighted by molar-refractivity contribution is 7.99. The fourth-order valence-electron chi connectivity index (χ4n) is 4.26. The number of rotatable bonds is 3. The van der Waals surface area contributed by atoms with E-state index in [1.54, 1.807) is 12.3 Å². The molecule has 1 atom stereocenters. The first-order chi connectivity index (χ1) is 14.9. The van der Waals surface area contributed by atoms with Gasteiger partial charge in [-0.1, -0.05) is 23.4 Å². The maximum atomic E-state index is 11.6. The molecule has 0 saturated carbocycles. The lowest BCUT2D eigenvalue weighted by Gasteiger charge is -2.41. The number of nitrogens with zero attached hydrogens (tertiary/aromatic N) is 3. The lowest BCUT2D eigenvalue weighted by Crippen LogP contribution is -2.49. The van der Waals surface area contributed by atoms with Crippen LogP contribution in [0.4, 0.5) is 17.3 Å². The smallest absolute Gasteiger partial charge is 0.262 e. The number of hydrogen-bond donors (Lipinski definition) is 3. The molecule has 5 rings (SSSR count). The molecule has 4 heterocycles. The average Bonchev–Trinajstić information content (AvgIpc) is 3.12. The number of nitrogens with two attached hydrogens (primary N) is 2. The number of aromatic nitrogens is 2. The normalized spacial score (nSPS) is 22.2. The van der Waals surface area contributed by atoms with Crippen LogP contribution in [-0.4, -0.2) is 54.8 Å². The summed E-state index contributed by atoms with van der Waals surface area (Å²) in [4.78, 5) is 23.6. The summed E-state index contributed by atoms with van der Waals surface area (Å²) in [6, 6.07) is 3.68. The summed E-state index contributed by atoms with van der Waals surface area (Å²) in [5.41, 5.74) is 13.0. The van der Waals surface area contributed by atoms with E-state index in [9.17, 15) is 4.79 Å². The fraction of sp³-hybridized carbons (Fsp3) is 0.450. The van der Waals surface area contributed by atoms with E-state index in [-0.39, 0.29) is 24.0 Å². The van der Waals surface area contributed by atoms with Gasteiger partial charge >= 0.3 is 0 Å². The van der Waals surface area contributed by atoms with Crippen LogP contribution in [0.5, 0.6) is 5.75 Å². The van der Waals surface area contributed by atoms with Gasteiger partial charge in [0.2, 0.25) is 0 Å². The Morgan fingerprint density at radius 3 is 2.84 bits per heavy atom. The molecular formula is C20H23ClN6O3S. The third-order valence-electron chi connectivity index (χ3n) is 6.21. The summed E-state index contributed by atoms with van der Waals surface area (Å²) in [5.74, 6) is 1.38. The standard InChI is InChI=1S/C20H23ClN6O3S/c21-16-12(2-1-11-17(16)26-15(28)9-30-11)31-19-18(23)25-14(7-24-19)27-5-3-20(4-6-27)10-29-8-13(20)22/h1-2,7,13H,3-6,8-10,22H2,(H2,23,25)(H,26,28)/t13-/m1/s1. The number of fused-ring (bicyclic) bond motifs is 1. The van der Waals surface area contributed by atoms with Gasteiger partial charge in [-0.3, -0.25) is 4.79 Å². The Morgan fingerprint density at radius 1 is 1.32 bits per heavy atom. The number of nitrogens with one attached hydrogen (secondary N) is 1. The van der Waals surface area contributed by atoms with Gasteiger partial charge in [0, 0.05) is 29.4 Å². The molecule has 11 heteroatoms. The van der Waals surface area contributed by atoms with Crippen LogP contribution in [0.25, 0.3) is 0 Å². The Hall–Kier alpha value is -2.27. The Morgan fingerprint density at radius 2 is 2.13 bits per heavy atom. The second-order valence-corrected chi connectivity index (χ2v) is 9.49. The van der Waals surface area contributed by atoms with Crippen molar-refractivity contribution in [1.29, 1.82) is 0 Å². The molecule has 0 aliphatic carbocycles. The topological polar surface area (TPSA) is 129 Å². The first-order valence-electron chi connectivity index (χ1n) is 10.1. The van der Waals surface area contributed by atoms with E-state index in [1.807, 2.05) is 6.07 Å². The zero-order chi connectivity index (χ0) is 21.6. The van der Waals surface area contributed by atoms with Gasteiger partial charge in [-0.25, -0.2) is 9.97 Å². The second kappa shape index (κ2) is 8.01. The van der Waals surface area contributed by atoms with Crippen molar-refractivity contribution in [3.63, 3.8) is 0 Å². The number of benzene rings is 1. The maximum Gasteiger partial charge on any atom is 0.262 e. The Kier molecular flexibility index (Phi) is 5.33.